The van der Waals surface area contributed by atoms with Gasteiger partial charge in [-0.2, -0.15) is 13.2 Å². The number of nitrogens with zero attached hydrogens (tertiary/aromatic N) is 1. The number of oxime groups is 1. The van der Waals surface area contributed by atoms with Crippen LogP contribution >= 0.6 is 0 Å². The Kier molecular flexibility index (Phi) is 6.59. The van der Waals surface area contributed by atoms with Crippen LogP contribution in [0.25, 0.3) is 0 Å². The largest absolute Gasteiger partial charge is 0.497 e. The quantitative estimate of drug-likeness (QED) is 0.312. The third-order valence-electron chi connectivity index (χ3n) is 4.50. The fourth-order valence-corrected chi connectivity index (χ4v) is 2.73. The summed E-state index contributed by atoms with van der Waals surface area (Å²) in [7, 11) is 1.50. The van der Waals surface area contributed by atoms with Crippen LogP contribution < -0.4 is 10.1 Å². The number of ether oxygens (including phenoxy) is 1. The van der Waals surface area contributed by atoms with Gasteiger partial charge in [-0.05, 0) is 48.6 Å². The number of nitrogens with one attached hydrogen (secondary N) is 1. The zero-order valence-corrected chi connectivity index (χ0v) is 16.1. The number of amides is 1. The maximum atomic E-state index is 14.4. The average Bonchev–Trinajstić information content (AvgIpc) is 3.51. The molecule has 160 valence electrons. The summed E-state index contributed by atoms with van der Waals surface area (Å²) in [6, 6.07) is 9.13. The van der Waals surface area contributed by atoms with Crippen molar-refractivity contribution >= 4 is 11.7 Å². The number of halogens is 4. The van der Waals surface area contributed by atoms with Crippen LogP contribution in [0.2, 0.25) is 0 Å². The second-order valence-corrected chi connectivity index (χ2v) is 6.91. The maximum Gasteiger partial charge on any atom is 0.417 e. The summed E-state index contributed by atoms with van der Waals surface area (Å²) in [6.45, 7) is 0.188. The molecule has 0 unspecified atom stereocenters. The molecule has 0 bridgehead atoms. The molecule has 0 spiro atoms. The number of amidine groups is 1. The number of carbonyl (C=O) groups is 1. The molecule has 0 aromatic heterocycles. The summed E-state index contributed by atoms with van der Waals surface area (Å²) < 4.78 is 59.7. The van der Waals surface area contributed by atoms with E-state index in [1.807, 2.05) is 0 Å². The number of carbonyl (C=O) groups excluding carboxylic acids is 1. The van der Waals surface area contributed by atoms with E-state index in [0.717, 1.165) is 31.0 Å². The van der Waals surface area contributed by atoms with Crippen molar-refractivity contribution in [1.82, 2.24) is 5.32 Å². The van der Waals surface area contributed by atoms with Crippen molar-refractivity contribution in [2.24, 2.45) is 11.1 Å². The smallest absolute Gasteiger partial charge is 0.417 e. The predicted octanol–water partition coefficient (Wildman–Crippen LogP) is 4.30. The van der Waals surface area contributed by atoms with Crippen molar-refractivity contribution < 1.29 is 31.9 Å². The number of hydrogen-bond donors (Lipinski definition) is 1. The molecule has 1 aliphatic rings. The third-order valence-corrected chi connectivity index (χ3v) is 4.50. The summed E-state index contributed by atoms with van der Waals surface area (Å²) >= 11 is 0. The van der Waals surface area contributed by atoms with Crippen LogP contribution in [-0.2, 0) is 22.2 Å². The number of rotatable bonds is 7. The van der Waals surface area contributed by atoms with Crippen LogP contribution in [0, 0.1) is 11.7 Å². The Hall–Kier alpha value is -3.10. The lowest BCUT2D eigenvalue weighted by atomic mass is 10.0. The summed E-state index contributed by atoms with van der Waals surface area (Å²) in [5, 5.41) is 5.92. The first-order valence-corrected chi connectivity index (χ1v) is 9.26. The molecule has 2 aromatic rings. The molecule has 1 fully saturated rings. The molecule has 0 saturated heterocycles. The number of alkyl halides is 3. The standard InChI is InChI=1S/C21H20F4N2O3/c1-29-15-9-7-13(8-10-15)11-18(28)26-20(27-30-12-14-5-6-14)19-16(21(23,24)25)3-2-4-17(19)22/h2-4,7-10,14H,5-6,11-12H2,1H3,(H,26,27,28). The van der Waals surface area contributed by atoms with Crippen LogP contribution in [0.4, 0.5) is 17.6 Å². The van der Waals surface area contributed by atoms with E-state index in [1.54, 1.807) is 24.3 Å². The number of methoxy groups -OCH3 is 1. The van der Waals surface area contributed by atoms with Gasteiger partial charge in [0.2, 0.25) is 5.91 Å². The fourth-order valence-electron chi connectivity index (χ4n) is 2.73. The Morgan fingerprint density at radius 3 is 2.47 bits per heavy atom. The molecule has 1 saturated carbocycles. The van der Waals surface area contributed by atoms with E-state index in [4.69, 9.17) is 9.57 Å². The van der Waals surface area contributed by atoms with Gasteiger partial charge in [-0.1, -0.05) is 23.4 Å². The summed E-state index contributed by atoms with van der Waals surface area (Å²) in [5.74, 6) is -1.57. The van der Waals surface area contributed by atoms with Crippen LogP contribution in [0.15, 0.2) is 47.6 Å². The Morgan fingerprint density at radius 2 is 1.87 bits per heavy atom. The lowest BCUT2D eigenvalue weighted by Gasteiger charge is -2.16. The second-order valence-electron chi connectivity index (χ2n) is 6.91. The normalized spacial score (nSPS) is 14.4. The SMILES string of the molecule is COc1ccc(CC(=O)N/C(=N\OCC2CC2)c2c(F)cccc2C(F)(F)F)cc1. The molecule has 9 heteroatoms. The van der Waals surface area contributed by atoms with E-state index in [0.29, 0.717) is 11.3 Å². The molecule has 1 amide bonds. The van der Waals surface area contributed by atoms with Crippen molar-refractivity contribution in [2.75, 3.05) is 13.7 Å². The highest BCUT2D eigenvalue weighted by atomic mass is 19.4. The van der Waals surface area contributed by atoms with Crippen molar-refractivity contribution in [2.45, 2.75) is 25.4 Å². The molecule has 30 heavy (non-hydrogen) atoms. The van der Waals surface area contributed by atoms with Crippen LogP contribution in [0.3, 0.4) is 0 Å². The molecule has 0 heterocycles. The molecular formula is C21H20F4N2O3. The Morgan fingerprint density at radius 1 is 1.17 bits per heavy atom. The van der Waals surface area contributed by atoms with Crippen molar-refractivity contribution in [3.63, 3.8) is 0 Å². The summed E-state index contributed by atoms with van der Waals surface area (Å²) in [5.41, 5.74) is -1.51. The topological polar surface area (TPSA) is 59.9 Å². The van der Waals surface area contributed by atoms with Gasteiger partial charge in [-0.3, -0.25) is 4.79 Å². The molecule has 1 aliphatic carbocycles. The number of benzene rings is 2. The van der Waals surface area contributed by atoms with E-state index < -0.39 is 34.9 Å². The minimum atomic E-state index is -4.84. The Labute approximate surface area is 170 Å². The molecular weight excluding hydrogens is 404 g/mol. The predicted molar refractivity (Wildman–Crippen MR) is 101 cm³/mol. The lowest BCUT2D eigenvalue weighted by Crippen LogP contribution is -2.35. The zero-order valence-electron chi connectivity index (χ0n) is 16.1. The molecule has 5 nitrogen and oxygen atoms in total. The molecule has 0 atom stereocenters. The summed E-state index contributed by atoms with van der Waals surface area (Å²) in [4.78, 5) is 17.6. The van der Waals surface area contributed by atoms with Gasteiger partial charge in [0.05, 0.1) is 24.7 Å². The monoisotopic (exact) mass is 424 g/mol. The molecule has 2 aromatic carbocycles. The van der Waals surface area contributed by atoms with Crippen LogP contribution in [0.1, 0.15) is 29.5 Å². The van der Waals surface area contributed by atoms with E-state index >= 15 is 0 Å². The lowest BCUT2D eigenvalue weighted by molar-refractivity contribution is -0.138. The maximum absolute atomic E-state index is 14.4. The molecule has 3 rings (SSSR count). The second kappa shape index (κ2) is 9.15. The van der Waals surface area contributed by atoms with E-state index in [9.17, 15) is 22.4 Å². The molecule has 1 N–H and O–H groups in total. The van der Waals surface area contributed by atoms with Gasteiger partial charge in [0, 0.05) is 0 Å². The van der Waals surface area contributed by atoms with Gasteiger partial charge in [-0.15, -0.1) is 0 Å². The minimum Gasteiger partial charge on any atom is -0.497 e. The van der Waals surface area contributed by atoms with Gasteiger partial charge in [-0.25, -0.2) is 4.39 Å². The fraction of sp³-hybridized carbons (Fsp3) is 0.333. The van der Waals surface area contributed by atoms with Crippen molar-refractivity contribution in [1.29, 1.82) is 0 Å². The van der Waals surface area contributed by atoms with Crippen molar-refractivity contribution in [3.8, 4) is 5.75 Å². The third kappa shape index (κ3) is 5.71. The van der Waals surface area contributed by atoms with Crippen LogP contribution in [0.5, 0.6) is 5.75 Å². The zero-order chi connectivity index (χ0) is 21.7. The first kappa shape index (κ1) is 21.6. The first-order chi connectivity index (χ1) is 14.3. The Balaban J connectivity index is 1.85. The van der Waals surface area contributed by atoms with Gasteiger partial charge in [0.15, 0.2) is 5.84 Å². The molecule has 0 radical (unpaired) electrons. The van der Waals surface area contributed by atoms with Gasteiger partial charge < -0.3 is 14.9 Å². The van der Waals surface area contributed by atoms with E-state index in [1.165, 1.54) is 7.11 Å². The van der Waals surface area contributed by atoms with E-state index in [-0.39, 0.29) is 18.9 Å². The van der Waals surface area contributed by atoms with Gasteiger partial charge >= 0.3 is 6.18 Å². The minimum absolute atomic E-state index is 0.151. The average molecular weight is 424 g/mol. The Bertz CT molecular complexity index is 923. The van der Waals surface area contributed by atoms with Crippen molar-refractivity contribution in [3.05, 3.63) is 65.0 Å². The highest BCUT2D eigenvalue weighted by Crippen LogP contribution is 2.33. The van der Waals surface area contributed by atoms with Gasteiger partial charge in [0.25, 0.3) is 0 Å². The van der Waals surface area contributed by atoms with Crippen LogP contribution in [-0.4, -0.2) is 25.5 Å². The first-order valence-electron chi connectivity index (χ1n) is 9.26. The van der Waals surface area contributed by atoms with Gasteiger partial charge in [0.1, 0.15) is 18.2 Å². The molecule has 0 aliphatic heterocycles. The highest BCUT2D eigenvalue weighted by Gasteiger charge is 2.36. The highest BCUT2D eigenvalue weighted by molar-refractivity contribution is 6.09. The van der Waals surface area contributed by atoms with E-state index in [2.05, 4.69) is 10.5 Å². The summed E-state index contributed by atoms with van der Waals surface area (Å²) in [6.07, 6.45) is -3.12. The number of hydrogen-bond acceptors (Lipinski definition) is 4.